The Labute approximate surface area is 104 Å². The van der Waals surface area contributed by atoms with Gasteiger partial charge in [-0.1, -0.05) is 33.1 Å². The molecule has 1 heterocycles. The number of unbranched alkanes of at least 4 members (excludes halogenated alkanes) is 3. The van der Waals surface area contributed by atoms with Crippen LogP contribution in [0.25, 0.3) is 0 Å². The smallest absolute Gasteiger partial charge is 0.166 e. The van der Waals surface area contributed by atoms with Crippen LogP contribution in [0.1, 0.15) is 74.3 Å². The van der Waals surface area contributed by atoms with Crippen LogP contribution in [0.4, 0.5) is 0 Å². The third-order valence-electron chi connectivity index (χ3n) is 3.05. The predicted molar refractivity (Wildman–Crippen MR) is 70.5 cm³/mol. The summed E-state index contributed by atoms with van der Waals surface area (Å²) in [5.74, 6) is 1.99. The molecule has 0 spiro atoms. The highest BCUT2D eigenvalue weighted by molar-refractivity contribution is 5.97. The van der Waals surface area contributed by atoms with E-state index < -0.39 is 0 Å². The molecule has 2 heteroatoms. The average molecular weight is 236 g/mol. The monoisotopic (exact) mass is 236 g/mol. The van der Waals surface area contributed by atoms with Crippen molar-refractivity contribution in [1.82, 2.24) is 0 Å². The first-order valence-electron chi connectivity index (χ1n) is 6.81. The summed E-state index contributed by atoms with van der Waals surface area (Å²) in [6.45, 7) is 6.20. The lowest BCUT2D eigenvalue weighted by molar-refractivity contribution is 0.0978. The molecule has 0 saturated heterocycles. The quantitative estimate of drug-likeness (QED) is 0.484. The van der Waals surface area contributed by atoms with Gasteiger partial charge in [0.05, 0.1) is 5.56 Å². The van der Waals surface area contributed by atoms with E-state index in [9.17, 15) is 4.79 Å². The van der Waals surface area contributed by atoms with Crippen molar-refractivity contribution in [3.05, 3.63) is 23.2 Å². The van der Waals surface area contributed by atoms with Gasteiger partial charge in [-0.05, 0) is 25.8 Å². The number of rotatable bonds is 8. The van der Waals surface area contributed by atoms with Crippen molar-refractivity contribution in [2.24, 2.45) is 0 Å². The topological polar surface area (TPSA) is 30.2 Å². The minimum Gasteiger partial charge on any atom is -0.466 e. The number of hydrogen-bond acceptors (Lipinski definition) is 2. The van der Waals surface area contributed by atoms with Crippen molar-refractivity contribution in [3.8, 4) is 0 Å². The minimum absolute atomic E-state index is 0.238. The zero-order valence-electron chi connectivity index (χ0n) is 11.3. The first kappa shape index (κ1) is 14.0. The highest BCUT2D eigenvalue weighted by Gasteiger charge is 2.14. The number of hydrogen-bond donors (Lipinski definition) is 0. The Kier molecular flexibility index (Phi) is 6.03. The number of ketones is 1. The maximum Gasteiger partial charge on any atom is 0.166 e. The molecule has 0 bridgehead atoms. The number of furan rings is 1. The fourth-order valence-electron chi connectivity index (χ4n) is 1.96. The predicted octanol–water partition coefficient (Wildman–Crippen LogP) is 4.69. The van der Waals surface area contributed by atoms with Crippen molar-refractivity contribution in [3.63, 3.8) is 0 Å². The molecule has 2 nitrogen and oxygen atoms in total. The second kappa shape index (κ2) is 7.31. The van der Waals surface area contributed by atoms with Gasteiger partial charge in [-0.2, -0.15) is 0 Å². The van der Waals surface area contributed by atoms with E-state index in [0.29, 0.717) is 6.42 Å². The number of carbonyl (C=O) groups is 1. The molecule has 0 fully saturated rings. The molecule has 0 aromatic carbocycles. The maximum absolute atomic E-state index is 12.0. The van der Waals surface area contributed by atoms with E-state index in [1.165, 1.54) is 0 Å². The zero-order valence-corrected chi connectivity index (χ0v) is 11.3. The Hall–Kier alpha value is -1.05. The summed E-state index contributed by atoms with van der Waals surface area (Å²) in [5.41, 5.74) is 0.798. The largest absolute Gasteiger partial charge is 0.466 e. The van der Waals surface area contributed by atoms with Gasteiger partial charge >= 0.3 is 0 Å². The Balaban J connectivity index is 2.57. The fourth-order valence-corrected chi connectivity index (χ4v) is 1.96. The molecule has 1 aromatic rings. The van der Waals surface area contributed by atoms with Crippen molar-refractivity contribution in [1.29, 1.82) is 0 Å². The Bertz CT molecular complexity index is 350. The van der Waals surface area contributed by atoms with E-state index in [1.807, 2.05) is 13.0 Å². The van der Waals surface area contributed by atoms with E-state index in [4.69, 9.17) is 4.42 Å². The standard InChI is InChI=1S/C15H24O2/c1-4-6-8-10-15(16)14-11-13(9-7-5-2)17-12(14)3/h11H,4-10H2,1-3H3. The molecule has 0 aliphatic heterocycles. The second-order valence-electron chi connectivity index (χ2n) is 4.67. The summed E-state index contributed by atoms with van der Waals surface area (Å²) in [6.07, 6.45) is 7.14. The summed E-state index contributed by atoms with van der Waals surface area (Å²) in [6, 6.07) is 1.94. The van der Waals surface area contributed by atoms with Gasteiger partial charge in [-0.15, -0.1) is 0 Å². The van der Waals surface area contributed by atoms with E-state index >= 15 is 0 Å². The Morgan fingerprint density at radius 1 is 1.18 bits per heavy atom. The van der Waals surface area contributed by atoms with Crippen LogP contribution in [0.3, 0.4) is 0 Å². The lowest BCUT2D eigenvalue weighted by Gasteiger charge is -1.97. The number of Topliss-reactive ketones (excluding diaryl/α,β-unsaturated/α-hetero) is 1. The maximum atomic E-state index is 12.0. The van der Waals surface area contributed by atoms with Gasteiger partial charge in [0.2, 0.25) is 0 Å². The van der Waals surface area contributed by atoms with Crippen molar-refractivity contribution in [2.75, 3.05) is 0 Å². The normalized spacial score (nSPS) is 10.8. The first-order chi connectivity index (χ1) is 8.19. The van der Waals surface area contributed by atoms with E-state index in [-0.39, 0.29) is 5.78 Å². The summed E-state index contributed by atoms with van der Waals surface area (Å²) in [5, 5.41) is 0. The van der Waals surface area contributed by atoms with Crippen LogP contribution in [0.2, 0.25) is 0 Å². The van der Waals surface area contributed by atoms with Crippen molar-refractivity contribution >= 4 is 5.78 Å². The van der Waals surface area contributed by atoms with Gasteiger partial charge in [0.15, 0.2) is 5.78 Å². The van der Waals surface area contributed by atoms with Crippen molar-refractivity contribution in [2.45, 2.75) is 65.7 Å². The van der Waals surface area contributed by atoms with E-state index in [1.54, 1.807) is 0 Å². The van der Waals surface area contributed by atoms with Crippen LogP contribution in [0.15, 0.2) is 10.5 Å². The molecular weight excluding hydrogens is 212 g/mol. The molecule has 0 atom stereocenters. The van der Waals surface area contributed by atoms with E-state index in [2.05, 4.69) is 13.8 Å². The molecular formula is C15H24O2. The van der Waals surface area contributed by atoms with Crippen LogP contribution in [-0.2, 0) is 6.42 Å². The van der Waals surface area contributed by atoms with Crippen LogP contribution in [0, 0.1) is 6.92 Å². The molecule has 0 radical (unpaired) electrons. The van der Waals surface area contributed by atoms with Crippen LogP contribution >= 0.6 is 0 Å². The van der Waals surface area contributed by atoms with Gasteiger partial charge in [-0.25, -0.2) is 0 Å². The summed E-state index contributed by atoms with van der Waals surface area (Å²) < 4.78 is 5.62. The fraction of sp³-hybridized carbons (Fsp3) is 0.667. The highest BCUT2D eigenvalue weighted by atomic mass is 16.3. The molecule has 1 aromatic heterocycles. The molecule has 0 aliphatic rings. The lowest BCUT2D eigenvalue weighted by Crippen LogP contribution is -1.98. The molecule has 17 heavy (non-hydrogen) atoms. The number of carbonyl (C=O) groups excluding carboxylic acids is 1. The summed E-state index contributed by atoms with van der Waals surface area (Å²) >= 11 is 0. The third kappa shape index (κ3) is 4.37. The SMILES string of the molecule is CCCCCC(=O)c1cc(CCCC)oc1C. The molecule has 0 unspecified atom stereocenters. The molecule has 1 rings (SSSR count). The summed E-state index contributed by atoms with van der Waals surface area (Å²) in [4.78, 5) is 12.0. The van der Waals surface area contributed by atoms with E-state index in [0.717, 1.165) is 55.6 Å². The Morgan fingerprint density at radius 2 is 1.88 bits per heavy atom. The molecule has 0 saturated carbocycles. The van der Waals surface area contributed by atoms with Crippen LogP contribution in [-0.4, -0.2) is 5.78 Å². The average Bonchev–Trinajstić information content (AvgIpc) is 2.68. The van der Waals surface area contributed by atoms with Crippen LogP contribution in [0.5, 0.6) is 0 Å². The van der Waals surface area contributed by atoms with Gasteiger partial charge < -0.3 is 4.42 Å². The first-order valence-corrected chi connectivity index (χ1v) is 6.81. The highest BCUT2D eigenvalue weighted by Crippen LogP contribution is 2.19. The molecule has 0 N–H and O–H groups in total. The molecule has 96 valence electrons. The second-order valence-corrected chi connectivity index (χ2v) is 4.67. The van der Waals surface area contributed by atoms with Crippen LogP contribution < -0.4 is 0 Å². The van der Waals surface area contributed by atoms with Gasteiger partial charge in [0.25, 0.3) is 0 Å². The summed E-state index contributed by atoms with van der Waals surface area (Å²) in [7, 11) is 0. The van der Waals surface area contributed by atoms with Gasteiger partial charge in [0.1, 0.15) is 11.5 Å². The van der Waals surface area contributed by atoms with Gasteiger partial charge in [-0.3, -0.25) is 4.79 Å². The van der Waals surface area contributed by atoms with Crippen molar-refractivity contribution < 1.29 is 9.21 Å². The number of aryl methyl sites for hydroxylation is 2. The molecule has 0 amide bonds. The van der Waals surface area contributed by atoms with Gasteiger partial charge in [0, 0.05) is 12.8 Å². The minimum atomic E-state index is 0.238. The lowest BCUT2D eigenvalue weighted by atomic mass is 10.0. The Morgan fingerprint density at radius 3 is 2.53 bits per heavy atom. The zero-order chi connectivity index (χ0) is 12.7. The third-order valence-corrected chi connectivity index (χ3v) is 3.05. The molecule has 0 aliphatic carbocycles.